The van der Waals surface area contributed by atoms with E-state index in [-0.39, 0.29) is 24.3 Å². The Bertz CT molecular complexity index is 915. The SMILES string of the molecule is CC(=O)N[C@H](CC(=O)NN(Cc1ccccc1)c1ccccc1)c1ccccc1. The second-order valence-corrected chi connectivity index (χ2v) is 6.81. The zero-order valence-corrected chi connectivity index (χ0v) is 16.4. The molecule has 3 rings (SSSR count). The van der Waals surface area contributed by atoms with Crippen molar-refractivity contribution in [3.05, 3.63) is 102 Å². The average molecular weight is 387 g/mol. The summed E-state index contributed by atoms with van der Waals surface area (Å²) in [5, 5.41) is 4.70. The Hall–Kier alpha value is -3.60. The van der Waals surface area contributed by atoms with Crippen molar-refractivity contribution in [2.75, 3.05) is 5.01 Å². The number of nitrogens with zero attached hydrogens (tertiary/aromatic N) is 1. The van der Waals surface area contributed by atoms with E-state index in [9.17, 15) is 9.59 Å². The van der Waals surface area contributed by atoms with Gasteiger partial charge in [0.2, 0.25) is 11.8 Å². The third-order valence-electron chi connectivity index (χ3n) is 4.48. The van der Waals surface area contributed by atoms with Crippen molar-refractivity contribution in [3.8, 4) is 0 Å². The van der Waals surface area contributed by atoms with Crippen molar-refractivity contribution in [2.24, 2.45) is 0 Å². The van der Waals surface area contributed by atoms with Gasteiger partial charge in [-0.3, -0.25) is 20.0 Å². The lowest BCUT2D eigenvalue weighted by molar-refractivity contribution is -0.123. The lowest BCUT2D eigenvalue weighted by atomic mass is 10.0. The molecule has 0 aromatic heterocycles. The summed E-state index contributed by atoms with van der Waals surface area (Å²) < 4.78 is 0. The fraction of sp³-hybridized carbons (Fsp3) is 0.167. The van der Waals surface area contributed by atoms with Gasteiger partial charge in [0.1, 0.15) is 0 Å². The van der Waals surface area contributed by atoms with Crippen LogP contribution in [0.4, 0.5) is 5.69 Å². The van der Waals surface area contributed by atoms with Gasteiger partial charge in [-0.15, -0.1) is 0 Å². The first kappa shape index (κ1) is 20.1. The van der Waals surface area contributed by atoms with E-state index >= 15 is 0 Å². The van der Waals surface area contributed by atoms with Crippen LogP contribution in [0.3, 0.4) is 0 Å². The van der Waals surface area contributed by atoms with Gasteiger partial charge >= 0.3 is 0 Å². The summed E-state index contributed by atoms with van der Waals surface area (Å²) in [6.07, 6.45) is 0.141. The number of carbonyl (C=O) groups is 2. The van der Waals surface area contributed by atoms with Crippen LogP contribution in [0.1, 0.15) is 30.5 Å². The molecule has 1 atom stereocenters. The maximum atomic E-state index is 12.9. The van der Waals surface area contributed by atoms with Crippen molar-refractivity contribution >= 4 is 17.5 Å². The fourth-order valence-corrected chi connectivity index (χ4v) is 3.13. The lowest BCUT2D eigenvalue weighted by Crippen LogP contribution is -2.43. The van der Waals surface area contributed by atoms with Crippen LogP contribution in [-0.4, -0.2) is 11.8 Å². The highest BCUT2D eigenvalue weighted by molar-refractivity contribution is 5.80. The van der Waals surface area contributed by atoms with E-state index in [1.807, 2.05) is 96.0 Å². The number of rotatable bonds is 8. The molecule has 0 spiro atoms. The fourth-order valence-electron chi connectivity index (χ4n) is 3.13. The molecule has 0 saturated heterocycles. The standard InChI is InChI=1S/C24H25N3O2/c1-19(28)25-23(21-13-7-3-8-14-21)17-24(29)26-27(22-15-9-4-10-16-22)18-20-11-5-2-6-12-20/h2-16,23H,17-18H2,1H3,(H,25,28)(H,26,29)/t23-/m1/s1. The maximum Gasteiger partial charge on any atom is 0.240 e. The summed E-state index contributed by atoms with van der Waals surface area (Å²) in [6, 6.07) is 28.8. The second kappa shape index (κ2) is 10.1. The van der Waals surface area contributed by atoms with Gasteiger partial charge < -0.3 is 5.32 Å². The molecule has 0 aliphatic rings. The Morgan fingerprint density at radius 1 is 0.828 bits per heavy atom. The monoisotopic (exact) mass is 387 g/mol. The van der Waals surface area contributed by atoms with E-state index in [2.05, 4.69) is 10.7 Å². The first-order chi connectivity index (χ1) is 14.1. The Labute approximate surface area is 171 Å². The van der Waals surface area contributed by atoms with E-state index < -0.39 is 0 Å². The Kier molecular flexibility index (Phi) is 7.00. The number of carbonyl (C=O) groups excluding carboxylic acids is 2. The summed E-state index contributed by atoms with van der Waals surface area (Å²) in [7, 11) is 0. The molecule has 0 unspecified atom stereocenters. The van der Waals surface area contributed by atoms with E-state index in [4.69, 9.17) is 0 Å². The van der Waals surface area contributed by atoms with Gasteiger partial charge in [-0.1, -0.05) is 78.9 Å². The van der Waals surface area contributed by atoms with Gasteiger partial charge in [-0.25, -0.2) is 0 Å². The van der Waals surface area contributed by atoms with Crippen LogP contribution in [0.2, 0.25) is 0 Å². The quantitative estimate of drug-likeness (QED) is 0.575. The first-order valence-corrected chi connectivity index (χ1v) is 9.60. The molecule has 3 aromatic rings. The van der Waals surface area contributed by atoms with Crippen molar-refractivity contribution in [2.45, 2.75) is 25.9 Å². The van der Waals surface area contributed by atoms with Gasteiger partial charge in [0.05, 0.1) is 24.7 Å². The molecule has 0 fully saturated rings. The molecule has 29 heavy (non-hydrogen) atoms. The van der Waals surface area contributed by atoms with E-state index in [0.29, 0.717) is 6.54 Å². The number of amides is 2. The summed E-state index contributed by atoms with van der Waals surface area (Å²) in [6.45, 7) is 1.99. The van der Waals surface area contributed by atoms with Gasteiger partial charge in [-0.05, 0) is 23.3 Å². The minimum Gasteiger partial charge on any atom is -0.349 e. The van der Waals surface area contributed by atoms with Crippen LogP contribution in [-0.2, 0) is 16.1 Å². The number of nitrogens with one attached hydrogen (secondary N) is 2. The highest BCUT2D eigenvalue weighted by atomic mass is 16.2. The van der Waals surface area contributed by atoms with Crippen molar-refractivity contribution in [1.29, 1.82) is 0 Å². The number of para-hydroxylation sites is 1. The van der Waals surface area contributed by atoms with Gasteiger partial charge in [0.25, 0.3) is 0 Å². The van der Waals surface area contributed by atoms with Crippen LogP contribution in [0, 0.1) is 0 Å². The number of benzene rings is 3. The molecular weight excluding hydrogens is 362 g/mol. The first-order valence-electron chi connectivity index (χ1n) is 9.60. The Morgan fingerprint density at radius 3 is 1.97 bits per heavy atom. The Morgan fingerprint density at radius 2 is 1.38 bits per heavy atom. The maximum absolute atomic E-state index is 12.9. The molecule has 5 nitrogen and oxygen atoms in total. The van der Waals surface area contributed by atoms with Crippen molar-refractivity contribution in [1.82, 2.24) is 10.7 Å². The topological polar surface area (TPSA) is 61.4 Å². The van der Waals surface area contributed by atoms with Crippen LogP contribution < -0.4 is 15.8 Å². The molecule has 2 N–H and O–H groups in total. The van der Waals surface area contributed by atoms with E-state index in [1.54, 1.807) is 0 Å². The van der Waals surface area contributed by atoms with Gasteiger partial charge in [-0.2, -0.15) is 0 Å². The molecule has 0 heterocycles. The number of anilines is 1. The lowest BCUT2D eigenvalue weighted by Gasteiger charge is -2.27. The van der Waals surface area contributed by atoms with Gasteiger partial charge in [0, 0.05) is 6.92 Å². The van der Waals surface area contributed by atoms with Gasteiger partial charge in [0.15, 0.2) is 0 Å². The molecule has 0 aliphatic carbocycles. The molecule has 148 valence electrons. The Balaban J connectivity index is 1.75. The zero-order chi connectivity index (χ0) is 20.5. The van der Waals surface area contributed by atoms with E-state index in [0.717, 1.165) is 16.8 Å². The molecular formula is C24H25N3O2. The van der Waals surface area contributed by atoms with Crippen molar-refractivity contribution in [3.63, 3.8) is 0 Å². The summed E-state index contributed by atoms with van der Waals surface area (Å²) in [4.78, 5) is 24.5. The average Bonchev–Trinajstić information content (AvgIpc) is 2.74. The third-order valence-corrected chi connectivity index (χ3v) is 4.48. The smallest absolute Gasteiger partial charge is 0.240 e. The van der Waals surface area contributed by atoms with E-state index in [1.165, 1.54) is 6.92 Å². The molecule has 0 bridgehead atoms. The number of hydrogen-bond acceptors (Lipinski definition) is 3. The zero-order valence-electron chi connectivity index (χ0n) is 16.4. The summed E-state index contributed by atoms with van der Waals surface area (Å²) >= 11 is 0. The minimum absolute atomic E-state index is 0.141. The van der Waals surface area contributed by atoms with Crippen LogP contribution in [0.25, 0.3) is 0 Å². The largest absolute Gasteiger partial charge is 0.349 e. The number of hydrogen-bond donors (Lipinski definition) is 2. The normalized spacial score (nSPS) is 11.3. The minimum atomic E-state index is -0.386. The molecule has 5 heteroatoms. The molecule has 0 radical (unpaired) electrons. The van der Waals surface area contributed by atoms with Crippen LogP contribution in [0.5, 0.6) is 0 Å². The highest BCUT2D eigenvalue weighted by Gasteiger charge is 2.19. The summed E-state index contributed by atoms with van der Waals surface area (Å²) in [5.74, 6) is -0.344. The molecule has 0 saturated carbocycles. The van der Waals surface area contributed by atoms with Crippen molar-refractivity contribution < 1.29 is 9.59 Å². The summed E-state index contributed by atoms with van der Waals surface area (Å²) in [5.41, 5.74) is 5.86. The predicted octanol–water partition coefficient (Wildman–Crippen LogP) is 3.99. The van der Waals surface area contributed by atoms with Crippen LogP contribution in [0.15, 0.2) is 91.0 Å². The number of hydrazine groups is 1. The van der Waals surface area contributed by atoms with Crippen LogP contribution >= 0.6 is 0 Å². The predicted molar refractivity (Wildman–Crippen MR) is 115 cm³/mol. The molecule has 3 aromatic carbocycles. The second-order valence-electron chi connectivity index (χ2n) is 6.81. The third kappa shape index (κ3) is 6.21. The molecule has 0 aliphatic heterocycles. The molecule has 2 amide bonds. The highest BCUT2D eigenvalue weighted by Crippen LogP contribution is 2.18.